The van der Waals surface area contributed by atoms with Crippen molar-refractivity contribution in [3.8, 4) is 6.07 Å². The molecule has 0 amide bonds. The summed E-state index contributed by atoms with van der Waals surface area (Å²) in [6.07, 6.45) is 0. The van der Waals surface area contributed by atoms with Gasteiger partial charge in [0, 0.05) is 45.3 Å². The van der Waals surface area contributed by atoms with Crippen molar-refractivity contribution < 1.29 is 8.42 Å². The SMILES string of the molecule is CN(C)S(=O)(=O)N1CCN(C(C#N)c2ccc(Cl)cc2)CC1. The van der Waals surface area contributed by atoms with Crippen LogP contribution in [0.5, 0.6) is 0 Å². The first-order chi connectivity index (χ1) is 10.4. The Balaban J connectivity index is 2.07. The summed E-state index contributed by atoms with van der Waals surface area (Å²) in [7, 11) is -0.344. The minimum absolute atomic E-state index is 0.381. The number of nitrogens with zero attached hydrogens (tertiary/aromatic N) is 4. The highest BCUT2D eigenvalue weighted by Crippen LogP contribution is 2.24. The molecular weight excluding hydrogens is 324 g/mol. The van der Waals surface area contributed by atoms with Crippen molar-refractivity contribution in [2.24, 2.45) is 0 Å². The van der Waals surface area contributed by atoms with Gasteiger partial charge in [-0.3, -0.25) is 4.90 Å². The molecule has 22 heavy (non-hydrogen) atoms. The minimum atomic E-state index is -3.39. The van der Waals surface area contributed by atoms with Crippen LogP contribution >= 0.6 is 11.6 Å². The maximum absolute atomic E-state index is 12.1. The lowest BCUT2D eigenvalue weighted by atomic mass is 10.1. The lowest BCUT2D eigenvalue weighted by molar-refractivity contribution is 0.159. The number of hydrogen-bond donors (Lipinski definition) is 0. The standard InChI is InChI=1S/C14H19ClN4O2S/c1-17(2)22(20,21)19-9-7-18(8-10-19)14(11-16)12-3-5-13(15)6-4-12/h3-6,14H,7-10H2,1-2H3. The molecule has 0 spiro atoms. The van der Waals surface area contributed by atoms with Crippen LogP contribution in [0.1, 0.15) is 11.6 Å². The zero-order valence-electron chi connectivity index (χ0n) is 12.6. The molecule has 1 unspecified atom stereocenters. The van der Waals surface area contributed by atoms with Gasteiger partial charge in [0.1, 0.15) is 6.04 Å². The normalized spacial score (nSPS) is 19.0. The lowest BCUT2D eigenvalue weighted by Gasteiger charge is -2.37. The number of piperazine rings is 1. The van der Waals surface area contributed by atoms with Crippen LogP contribution in [0.3, 0.4) is 0 Å². The summed E-state index contributed by atoms with van der Waals surface area (Å²) < 4.78 is 26.8. The smallest absolute Gasteiger partial charge is 0.281 e. The number of halogens is 1. The maximum Gasteiger partial charge on any atom is 0.281 e. The second-order valence-corrected chi connectivity index (χ2v) is 7.89. The molecule has 1 atom stereocenters. The van der Waals surface area contributed by atoms with Gasteiger partial charge in [-0.25, -0.2) is 0 Å². The summed E-state index contributed by atoms with van der Waals surface area (Å²) in [6, 6.07) is 9.08. The first kappa shape index (κ1) is 17.2. The molecule has 0 radical (unpaired) electrons. The van der Waals surface area contributed by atoms with E-state index >= 15 is 0 Å². The Morgan fingerprint density at radius 1 is 1.18 bits per heavy atom. The molecular formula is C14H19ClN4O2S. The number of nitriles is 1. The summed E-state index contributed by atoms with van der Waals surface area (Å²) >= 11 is 5.87. The topological polar surface area (TPSA) is 67.7 Å². The minimum Gasteiger partial charge on any atom is -0.282 e. The first-order valence-electron chi connectivity index (χ1n) is 6.93. The van der Waals surface area contributed by atoms with Crippen LogP contribution in [-0.2, 0) is 10.2 Å². The Kier molecular flexibility index (Phi) is 5.42. The molecule has 6 nitrogen and oxygen atoms in total. The molecule has 1 saturated heterocycles. The molecule has 0 saturated carbocycles. The molecule has 2 rings (SSSR count). The zero-order chi connectivity index (χ0) is 16.3. The van der Waals surface area contributed by atoms with Crippen molar-refractivity contribution in [2.75, 3.05) is 40.3 Å². The van der Waals surface area contributed by atoms with E-state index in [1.54, 1.807) is 12.1 Å². The Bertz CT molecular complexity index is 646. The van der Waals surface area contributed by atoms with Gasteiger partial charge >= 0.3 is 0 Å². The monoisotopic (exact) mass is 342 g/mol. The second-order valence-electron chi connectivity index (χ2n) is 5.31. The highest BCUT2D eigenvalue weighted by atomic mass is 35.5. The molecule has 120 valence electrons. The van der Waals surface area contributed by atoms with Gasteiger partial charge in [-0.2, -0.15) is 22.3 Å². The molecule has 1 aromatic rings. The van der Waals surface area contributed by atoms with E-state index in [0.29, 0.717) is 31.2 Å². The molecule has 1 fully saturated rings. The van der Waals surface area contributed by atoms with Gasteiger partial charge < -0.3 is 0 Å². The van der Waals surface area contributed by atoms with Crippen LogP contribution in [0.2, 0.25) is 5.02 Å². The van der Waals surface area contributed by atoms with E-state index in [2.05, 4.69) is 6.07 Å². The van der Waals surface area contributed by atoms with Crippen LogP contribution < -0.4 is 0 Å². The van der Waals surface area contributed by atoms with E-state index in [9.17, 15) is 13.7 Å². The Labute approximate surface area is 136 Å². The Morgan fingerprint density at radius 2 is 1.73 bits per heavy atom. The van der Waals surface area contributed by atoms with Crippen molar-refractivity contribution >= 4 is 21.8 Å². The van der Waals surface area contributed by atoms with Gasteiger partial charge in [0.25, 0.3) is 10.2 Å². The third-order valence-electron chi connectivity index (χ3n) is 3.73. The van der Waals surface area contributed by atoms with Gasteiger partial charge in [0.05, 0.1) is 6.07 Å². The predicted molar refractivity (Wildman–Crippen MR) is 85.6 cm³/mol. The molecule has 1 aliphatic rings. The van der Waals surface area contributed by atoms with E-state index < -0.39 is 10.2 Å². The molecule has 1 aromatic carbocycles. The fraction of sp³-hybridized carbons (Fsp3) is 0.500. The van der Waals surface area contributed by atoms with E-state index in [-0.39, 0.29) is 6.04 Å². The van der Waals surface area contributed by atoms with Crippen molar-refractivity contribution in [2.45, 2.75) is 6.04 Å². The quantitative estimate of drug-likeness (QED) is 0.827. The summed E-state index contributed by atoms with van der Waals surface area (Å²) in [6.45, 7) is 1.81. The molecule has 1 heterocycles. The largest absolute Gasteiger partial charge is 0.282 e. The fourth-order valence-corrected chi connectivity index (χ4v) is 3.65. The summed E-state index contributed by atoms with van der Waals surface area (Å²) in [4.78, 5) is 1.99. The van der Waals surface area contributed by atoms with E-state index in [0.717, 1.165) is 5.56 Å². The zero-order valence-corrected chi connectivity index (χ0v) is 14.2. The highest BCUT2D eigenvalue weighted by molar-refractivity contribution is 7.86. The van der Waals surface area contributed by atoms with Gasteiger partial charge in [-0.1, -0.05) is 23.7 Å². The number of rotatable bonds is 4. The summed E-state index contributed by atoms with van der Waals surface area (Å²) in [5.74, 6) is 0. The Hall–Kier alpha value is -1.17. The fourth-order valence-electron chi connectivity index (χ4n) is 2.44. The van der Waals surface area contributed by atoms with Crippen LogP contribution in [0.15, 0.2) is 24.3 Å². The predicted octanol–water partition coefficient (Wildman–Crippen LogP) is 1.33. The van der Waals surface area contributed by atoms with Crippen LogP contribution in [0, 0.1) is 11.3 Å². The number of benzene rings is 1. The molecule has 1 aliphatic heterocycles. The van der Waals surface area contributed by atoms with Crippen molar-refractivity contribution in [3.63, 3.8) is 0 Å². The first-order valence-corrected chi connectivity index (χ1v) is 8.70. The van der Waals surface area contributed by atoms with Gasteiger partial charge in [0.2, 0.25) is 0 Å². The van der Waals surface area contributed by atoms with E-state index in [1.807, 2.05) is 17.0 Å². The second kappa shape index (κ2) is 6.94. The van der Waals surface area contributed by atoms with Crippen molar-refractivity contribution in [1.82, 2.24) is 13.5 Å². The molecule has 0 aliphatic carbocycles. The number of hydrogen-bond acceptors (Lipinski definition) is 4. The molecule has 0 bridgehead atoms. The van der Waals surface area contributed by atoms with Crippen LogP contribution in [0.4, 0.5) is 0 Å². The average Bonchev–Trinajstić information content (AvgIpc) is 2.50. The van der Waals surface area contributed by atoms with E-state index in [1.165, 1.54) is 22.7 Å². The van der Waals surface area contributed by atoms with Crippen LogP contribution in [0.25, 0.3) is 0 Å². The maximum atomic E-state index is 12.1. The summed E-state index contributed by atoms with van der Waals surface area (Å²) in [5, 5.41) is 10.1. The summed E-state index contributed by atoms with van der Waals surface area (Å²) in [5.41, 5.74) is 0.871. The van der Waals surface area contributed by atoms with E-state index in [4.69, 9.17) is 11.6 Å². The van der Waals surface area contributed by atoms with Crippen LogP contribution in [-0.4, -0.2) is 62.2 Å². The van der Waals surface area contributed by atoms with Gasteiger partial charge in [-0.15, -0.1) is 0 Å². The third-order valence-corrected chi connectivity index (χ3v) is 5.93. The van der Waals surface area contributed by atoms with Gasteiger partial charge in [0.15, 0.2) is 0 Å². The third kappa shape index (κ3) is 3.59. The molecule has 0 N–H and O–H groups in total. The molecule has 8 heteroatoms. The van der Waals surface area contributed by atoms with Crippen molar-refractivity contribution in [3.05, 3.63) is 34.9 Å². The Morgan fingerprint density at radius 3 is 2.18 bits per heavy atom. The highest BCUT2D eigenvalue weighted by Gasteiger charge is 2.31. The average molecular weight is 343 g/mol. The lowest BCUT2D eigenvalue weighted by Crippen LogP contribution is -2.52. The van der Waals surface area contributed by atoms with Gasteiger partial charge in [-0.05, 0) is 17.7 Å². The van der Waals surface area contributed by atoms with Crippen molar-refractivity contribution in [1.29, 1.82) is 5.26 Å². The molecule has 0 aromatic heterocycles.